The van der Waals surface area contributed by atoms with Gasteiger partial charge in [-0.1, -0.05) is 431 Å². The Hall–Kier alpha value is -0.990. The van der Waals surface area contributed by atoms with Gasteiger partial charge in [-0.25, -0.2) is 4.57 Å². The molecular weight excluding hydrogens is 1150 g/mol. The molecule has 10 heteroatoms. The van der Waals surface area contributed by atoms with Crippen molar-refractivity contribution >= 4 is 19.8 Å². The van der Waals surface area contributed by atoms with Gasteiger partial charge in [-0.2, -0.15) is 0 Å². The first kappa shape index (κ1) is 90.0. The second-order valence-electron chi connectivity index (χ2n) is 29.9. The van der Waals surface area contributed by atoms with Crippen LogP contribution < -0.4 is 0 Å². The molecule has 0 aliphatic heterocycles. The van der Waals surface area contributed by atoms with Crippen molar-refractivity contribution in [1.29, 1.82) is 0 Å². The van der Waals surface area contributed by atoms with E-state index in [0.29, 0.717) is 17.4 Å². The number of ether oxygens (including phenoxy) is 2. The van der Waals surface area contributed by atoms with Gasteiger partial charge in [0.2, 0.25) is 0 Å². The Morgan fingerprint density at radius 3 is 0.703 bits per heavy atom. The number of phosphoric acid groups is 1. The lowest BCUT2D eigenvalue weighted by molar-refractivity contribution is -0.870. The minimum Gasteiger partial charge on any atom is -0.462 e. The van der Waals surface area contributed by atoms with E-state index in [1.165, 1.54) is 392 Å². The van der Waals surface area contributed by atoms with Crippen molar-refractivity contribution in [2.75, 3.05) is 47.5 Å². The van der Waals surface area contributed by atoms with E-state index in [9.17, 15) is 19.0 Å². The fourth-order valence-electron chi connectivity index (χ4n) is 13.1. The number of phosphoric ester groups is 1. The van der Waals surface area contributed by atoms with Gasteiger partial charge in [0, 0.05) is 12.8 Å². The average Bonchev–Trinajstić information content (AvgIpc) is 3.31. The van der Waals surface area contributed by atoms with E-state index in [0.717, 1.165) is 38.5 Å². The van der Waals surface area contributed by atoms with Crippen LogP contribution in [0.2, 0.25) is 0 Å². The van der Waals surface area contributed by atoms with Gasteiger partial charge in [0.15, 0.2) is 6.10 Å². The highest BCUT2D eigenvalue weighted by Crippen LogP contribution is 2.43. The van der Waals surface area contributed by atoms with E-state index in [1.54, 1.807) is 0 Å². The molecule has 9 nitrogen and oxygen atoms in total. The quantitative estimate of drug-likeness (QED) is 0.0278. The highest BCUT2D eigenvalue weighted by Gasteiger charge is 2.27. The van der Waals surface area contributed by atoms with Gasteiger partial charge in [-0.15, -0.1) is 0 Å². The molecule has 0 spiro atoms. The summed E-state index contributed by atoms with van der Waals surface area (Å²) in [5.74, 6) is -0.764. The topological polar surface area (TPSA) is 108 Å². The van der Waals surface area contributed by atoms with Crippen LogP contribution in [0.5, 0.6) is 0 Å². The summed E-state index contributed by atoms with van der Waals surface area (Å²) in [6.45, 7) is 4.55. The van der Waals surface area contributed by atoms with Crippen LogP contribution in [0, 0.1) is 0 Å². The normalized spacial score (nSPS) is 12.9. The van der Waals surface area contributed by atoms with Crippen molar-refractivity contribution in [2.24, 2.45) is 0 Å². The third-order valence-electron chi connectivity index (χ3n) is 19.4. The zero-order chi connectivity index (χ0) is 66.2. The van der Waals surface area contributed by atoms with Crippen LogP contribution in [0.3, 0.4) is 0 Å². The summed E-state index contributed by atoms with van der Waals surface area (Å²) in [4.78, 5) is 36.0. The molecule has 0 saturated carbocycles. The molecule has 544 valence electrons. The number of nitrogens with zero attached hydrogens (tertiary/aromatic N) is 1. The second kappa shape index (κ2) is 73.3. The monoisotopic (exact) mass is 1310 g/mol. The fraction of sp³-hybridized carbons (Fsp3) is 0.975. The first-order valence-corrected chi connectivity index (χ1v) is 42.8. The fourth-order valence-corrected chi connectivity index (χ4v) is 13.8. The number of hydrogen-bond acceptors (Lipinski definition) is 7. The first-order valence-electron chi connectivity index (χ1n) is 41.3. The summed E-state index contributed by atoms with van der Waals surface area (Å²) in [5, 5.41) is 0. The molecule has 1 N–H and O–H groups in total. The molecule has 0 heterocycles. The van der Waals surface area contributed by atoms with Crippen LogP contribution in [0.4, 0.5) is 0 Å². The van der Waals surface area contributed by atoms with Crippen molar-refractivity contribution < 1.29 is 42.1 Å². The second-order valence-corrected chi connectivity index (χ2v) is 31.3. The minimum absolute atomic E-state index is 0.0379. The Bertz CT molecular complexity index is 1490. The van der Waals surface area contributed by atoms with Crippen LogP contribution in [0.15, 0.2) is 0 Å². The molecule has 0 aromatic rings. The van der Waals surface area contributed by atoms with Crippen molar-refractivity contribution in [3.05, 3.63) is 0 Å². The lowest BCUT2D eigenvalue weighted by atomic mass is 10.0. The van der Waals surface area contributed by atoms with Crippen LogP contribution in [-0.4, -0.2) is 74.9 Å². The maximum atomic E-state index is 12.9. The van der Waals surface area contributed by atoms with Crippen LogP contribution in [0.1, 0.15) is 457 Å². The molecule has 0 aliphatic rings. The SMILES string of the molecule is CCCCCCCCCCCCCCCCCCCCCCCCCCCCCCCCCCCCCCCCCCC(=O)OC(COC(=O)CCCCCCCCCCCCCCCCCCCCCCCCCCCCC)COP(=O)(O)OCC[N+](C)(C)C. The average molecular weight is 1310 g/mol. The number of rotatable bonds is 79. The summed E-state index contributed by atoms with van der Waals surface area (Å²) < 4.78 is 34.8. The van der Waals surface area contributed by atoms with Crippen LogP contribution in [0.25, 0.3) is 0 Å². The third-order valence-corrected chi connectivity index (χ3v) is 20.4. The predicted molar refractivity (Wildman–Crippen MR) is 395 cm³/mol. The largest absolute Gasteiger partial charge is 0.472 e. The number of quaternary nitrogens is 1. The van der Waals surface area contributed by atoms with Gasteiger partial charge in [0.05, 0.1) is 27.7 Å². The van der Waals surface area contributed by atoms with E-state index in [1.807, 2.05) is 21.1 Å². The first-order chi connectivity index (χ1) is 44.5. The summed E-state index contributed by atoms with van der Waals surface area (Å²) >= 11 is 0. The zero-order valence-corrected chi connectivity index (χ0v) is 63.3. The summed E-state index contributed by atoms with van der Waals surface area (Å²) in [5.41, 5.74) is 0. The number of hydrogen-bond donors (Lipinski definition) is 1. The van der Waals surface area contributed by atoms with E-state index < -0.39 is 26.5 Å². The smallest absolute Gasteiger partial charge is 0.462 e. The number of likely N-dealkylation sites (N-methyl/N-ethyl adjacent to an activating group) is 1. The molecule has 2 unspecified atom stereocenters. The molecule has 0 amide bonds. The Morgan fingerprint density at radius 2 is 0.495 bits per heavy atom. The van der Waals surface area contributed by atoms with Crippen LogP contribution >= 0.6 is 7.82 Å². The maximum absolute atomic E-state index is 12.9. The lowest BCUT2D eigenvalue weighted by Crippen LogP contribution is -2.37. The molecule has 0 saturated heterocycles. The summed E-state index contributed by atoms with van der Waals surface area (Å²) in [6, 6.07) is 0. The van der Waals surface area contributed by atoms with E-state index >= 15 is 0 Å². The van der Waals surface area contributed by atoms with Gasteiger partial charge < -0.3 is 18.9 Å². The van der Waals surface area contributed by atoms with Crippen molar-refractivity contribution in [1.82, 2.24) is 0 Å². The minimum atomic E-state index is -4.39. The van der Waals surface area contributed by atoms with E-state index in [-0.39, 0.29) is 25.6 Å². The Balaban J connectivity index is 3.84. The van der Waals surface area contributed by atoms with Crippen LogP contribution in [-0.2, 0) is 32.7 Å². The molecule has 0 fully saturated rings. The molecule has 0 aromatic carbocycles. The molecular formula is C81H163NO8P+. The number of carbonyl (C=O) groups excluding carboxylic acids is 2. The van der Waals surface area contributed by atoms with E-state index in [2.05, 4.69) is 13.8 Å². The Morgan fingerprint density at radius 1 is 0.297 bits per heavy atom. The van der Waals surface area contributed by atoms with Gasteiger partial charge in [-0.3, -0.25) is 18.6 Å². The molecule has 0 aromatic heterocycles. The Kier molecular flexibility index (Phi) is 72.5. The molecule has 0 bridgehead atoms. The molecule has 2 atom stereocenters. The molecule has 0 rings (SSSR count). The number of carbonyl (C=O) groups is 2. The molecule has 0 radical (unpaired) electrons. The molecule has 91 heavy (non-hydrogen) atoms. The van der Waals surface area contributed by atoms with Gasteiger partial charge in [-0.05, 0) is 12.8 Å². The predicted octanol–water partition coefficient (Wildman–Crippen LogP) is 27.2. The number of unbranched alkanes of at least 4 members (excludes halogenated alkanes) is 65. The van der Waals surface area contributed by atoms with Crippen molar-refractivity contribution in [3.63, 3.8) is 0 Å². The summed E-state index contributed by atoms with van der Waals surface area (Å²) in [7, 11) is 1.51. The van der Waals surface area contributed by atoms with Crippen molar-refractivity contribution in [3.8, 4) is 0 Å². The highest BCUT2D eigenvalue weighted by atomic mass is 31.2. The third kappa shape index (κ3) is 77.9. The maximum Gasteiger partial charge on any atom is 0.472 e. The number of esters is 2. The Labute approximate surface area is 569 Å². The lowest BCUT2D eigenvalue weighted by Gasteiger charge is -2.24. The molecule has 0 aliphatic carbocycles. The summed E-state index contributed by atoms with van der Waals surface area (Å²) in [6.07, 6.45) is 91.4. The van der Waals surface area contributed by atoms with Crippen molar-refractivity contribution in [2.45, 2.75) is 463 Å². The van der Waals surface area contributed by atoms with E-state index in [4.69, 9.17) is 18.5 Å². The zero-order valence-electron chi connectivity index (χ0n) is 62.4. The van der Waals surface area contributed by atoms with Gasteiger partial charge in [0.25, 0.3) is 0 Å². The highest BCUT2D eigenvalue weighted by molar-refractivity contribution is 7.47. The standard InChI is InChI=1S/C81H162NO8P/c1-6-8-10-12-14-16-18-20-22-24-26-28-30-32-34-35-36-37-38-39-40-41-42-43-44-45-46-48-50-52-54-56-58-60-62-64-66-68-70-72-74-81(84)90-79(78-89-91(85,86)88-76-75-82(3,4)5)77-87-80(83)73-71-69-67-65-63-61-59-57-55-53-51-49-47-33-31-29-27-25-23-21-19-17-15-13-11-9-7-2/h79H,6-78H2,1-5H3/p+1. The van der Waals surface area contributed by atoms with Gasteiger partial charge in [0.1, 0.15) is 19.8 Å². The van der Waals surface area contributed by atoms with Gasteiger partial charge >= 0.3 is 19.8 Å².